The summed E-state index contributed by atoms with van der Waals surface area (Å²) < 4.78 is 5.80. The molecule has 0 unspecified atom stereocenters. The van der Waals surface area contributed by atoms with E-state index in [-0.39, 0.29) is 11.1 Å². The average molecular weight is 372 g/mol. The molecule has 0 spiro atoms. The standard InChI is InChI=1S/C13H12BrClN4O2/c14-9-7-16-13(17-8-9)19-4-2-18(3-5-19)12(20)10-1-6-21-11(10)15/h1,6-8H,2-5H2. The molecule has 8 heteroatoms. The number of carbonyl (C=O) groups excluding carboxylic acids is 1. The van der Waals surface area contributed by atoms with Gasteiger partial charge in [-0.25, -0.2) is 9.97 Å². The number of furan rings is 1. The Kier molecular flexibility index (Phi) is 4.12. The Balaban J connectivity index is 1.64. The number of piperazine rings is 1. The van der Waals surface area contributed by atoms with Gasteiger partial charge in [-0.2, -0.15) is 0 Å². The first kappa shape index (κ1) is 14.3. The molecule has 1 aliphatic heterocycles. The SMILES string of the molecule is O=C(c1ccoc1Cl)N1CCN(c2ncc(Br)cn2)CC1. The molecule has 2 aromatic heterocycles. The second-order valence-corrected chi connectivity index (χ2v) is 5.85. The number of nitrogens with zero attached hydrogens (tertiary/aromatic N) is 4. The highest BCUT2D eigenvalue weighted by Crippen LogP contribution is 2.20. The van der Waals surface area contributed by atoms with Gasteiger partial charge in [0.15, 0.2) is 0 Å². The Bertz CT molecular complexity index is 638. The first-order valence-electron chi connectivity index (χ1n) is 6.40. The summed E-state index contributed by atoms with van der Waals surface area (Å²) >= 11 is 9.15. The second kappa shape index (κ2) is 6.03. The van der Waals surface area contributed by atoms with Crippen LogP contribution in [-0.2, 0) is 0 Å². The van der Waals surface area contributed by atoms with Crippen LogP contribution in [0.4, 0.5) is 5.95 Å². The molecule has 0 bridgehead atoms. The average Bonchev–Trinajstić information content (AvgIpc) is 2.94. The van der Waals surface area contributed by atoms with Crippen LogP contribution in [0.3, 0.4) is 0 Å². The van der Waals surface area contributed by atoms with Crippen molar-refractivity contribution < 1.29 is 9.21 Å². The summed E-state index contributed by atoms with van der Waals surface area (Å²) in [6.45, 7) is 2.56. The van der Waals surface area contributed by atoms with Crippen LogP contribution >= 0.6 is 27.5 Å². The molecule has 3 rings (SSSR count). The van der Waals surface area contributed by atoms with Gasteiger partial charge in [0.1, 0.15) is 0 Å². The number of carbonyl (C=O) groups is 1. The predicted octanol–water partition coefficient (Wildman–Crippen LogP) is 2.45. The lowest BCUT2D eigenvalue weighted by Crippen LogP contribution is -2.49. The molecule has 3 heterocycles. The lowest BCUT2D eigenvalue weighted by Gasteiger charge is -2.34. The highest BCUT2D eigenvalue weighted by molar-refractivity contribution is 9.10. The maximum atomic E-state index is 12.3. The minimum atomic E-state index is -0.106. The Morgan fingerprint density at radius 2 is 1.90 bits per heavy atom. The monoisotopic (exact) mass is 370 g/mol. The largest absolute Gasteiger partial charge is 0.452 e. The molecule has 1 amide bonds. The van der Waals surface area contributed by atoms with Crippen LogP contribution in [0.15, 0.2) is 33.6 Å². The highest BCUT2D eigenvalue weighted by atomic mass is 79.9. The zero-order valence-corrected chi connectivity index (χ0v) is 13.3. The van der Waals surface area contributed by atoms with Crippen LogP contribution in [-0.4, -0.2) is 47.0 Å². The van der Waals surface area contributed by atoms with E-state index in [1.165, 1.54) is 6.26 Å². The van der Waals surface area contributed by atoms with E-state index in [0.717, 1.165) is 4.47 Å². The van der Waals surface area contributed by atoms with Crippen LogP contribution in [0.2, 0.25) is 5.22 Å². The van der Waals surface area contributed by atoms with Crippen molar-refractivity contribution in [2.75, 3.05) is 31.1 Å². The van der Waals surface area contributed by atoms with Crippen molar-refractivity contribution in [3.8, 4) is 0 Å². The molecule has 2 aromatic rings. The summed E-state index contributed by atoms with van der Waals surface area (Å²) in [6.07, 6.45) is 4.84. The molecule has 0 aliphatic carbocycles. The van der Waals surface area contributed by atoms with Crippen LogP contribution in [0.25, 0.3) is 0 Å². The molecular formula is C13H12BrClN4O2. The number of hydrogen-bond acceptors (Lipinski definition) is 5. The predicted molar refractivity (Wildman–Crippen MR) is 81.6 cm³/mol. The molecule has 0 atom stereocenters. The first-order chi connectivity index (χ1) is 10.1. The van der Waals surface area contributed by atoms with Gasteiger partial charge in [-0.05, 0) is 33.6 Å². The van der Waals surface area contributed by atoms with Crippen molar-refractivity contribution in [3.63, 3.8) is 0 Å². The molecule has 0 aromatic carbocycles. The maximum absolute atomic E-state index is 12.3. The normalized spacial score (nSPS) is 15.3. The van der Waals surface area contributed by atoms with Gasteiger partial charge in [0.25, 0.3) is 5.91 Å². The number of amides is 1. The molecule has 1 fully saturated rings. The Morgan fingerprint density at radius 3 is 2.48 bits per heavy atom. The molecule has 110 valence electrons. The minimum absolute atomic E-state index is 0.106. The van der Waals surface area contributed by atoms with Crippen LogP contribution < -0.4 is 4.90 Å². The maximum Gasteiger partial charge on any atom is 0.258 e. The molecule has 0 radical (unpaired) electrons. The van der Waals surface area contributed by atoms with E-state index >= 15 is 0 Å². The van der Waals surface area contributed by atoms with Crippen LogP contribution in [0, 0.1) is 0 Å². The highest BCUT2D eigenvalue weighted by Gasteiger charge is 2.25. The number of hydrogen-bond donors (Lipinski definition) is 0. The fourth-order valence-corrected chi connectivity index (χ4v) is 2.59. The number of rotatable bonds is 2. The summed E-state index contributed by atoms with van der Waals surface area (Å²) in [5.74, 6) is 0.566. The van der Waals surface area contributed by atoms with E-state index in [0.29, 0.717) is 37.7 Å². The zero-order chi connectivity index (χ0) is 14.8. The van der Waals surface area contributed by atoms with Gasteiger partial charge in [0, 0.05) is 38.6 Å². The summed E-state index contributed by atoms with van der Waals surface area (Å²) in [5, 5.41) is 0.138. The fraction of sp³-hybridized carbons (Fsp3) is 0.308. The van der Waals surface area contributed by atoms with Gasteiger partial charge in [-0.3, -0.25) is 4.79 Å². The molecule has 0 N–H and O–H groups in total. The minimum Gasteiger partial charge on any atom is -0.452 e. The third kappa shape index (κ3) is 3.03. The lowest BCUT2D eigenvalue weighted by atomic mass is 10.2. The van der Waals surface area contributed by atoms with Gasteiger partial charge in [0.2, 0.25) is 11.2 Å². The van der Waals surface area contributed by atoms with Gasteiger partial charge < -0.3 is 14.2 Å². The summed E-state index contributed by atoms with van der Waals surface area (Å²) in [7, 11) is 0. The van der Waals surface area contributed by atoms with E-state index in [1.54, 1.807) is 23.4 Å². The first-order valence-corrected chi connectivity index (χ1v) is 7.57. The number of halogens is 2. The Labute approximate surface area is 134 Å². The van der Waals surface area contributed by atoms with E-state index in [4.69, 9.17) is 16.0 Å². The number of aromatic nitrogens is 2. The fourth-order valence-electron chi connectivity index (χ4n) is 2.19. The zero-order valence-electron chi connectivity index (χ0n) is 11.0. The van der Waals surface area contributed by atoms with Gasteiger partial charge in [-0.1, -0.05) is 0 Å². The second-order valence-electron chi connectivity index (χ2n) is 4.59. The smallest absolute Gasteiger partial charge is 0.258 e. The Hall–Kier alpha value is -1.60. The summed E-state index contributed by atoms with van der Waals surface area (Å²) in [5.41, 5.74) is 0.407. The van der Waals surface area contributed by atoms with Gasteiger partial charge in [-0.15, -0.1) is 0 Å². The van der Waals surface area contributed by atoms with Gasteiger partial charge >= 0.3 is 0 Å². The topological polar surface area (TPSA) is 62.5 Å². The number of anilines is 1. The summed E-state index contributed by atoms with van der Waals surface area (Å²) in [6, 6.07) is 1.59. The van der Waals surface area contributed by atoms with E-state index in [1.807, 2.05) is 4.90 Å². The molecular weight excluding hydrogens is 360 g/mol. The van der Waals surface area contributed by atoms with Crippen molar-refractivity contribution in [3.05, 3.63) is 40.0 Å². The summed E-state index contributed by atoms with van der Waals surface area (Å²) in [4.78, 5) is 24.6. The third-order valence-corrected chi connectivity index (χ3v) is 4.01. The van der Waals surface area contributed by atoms with Crippen LogP contribution in [0.5, 0.6) is 0 Å². The van der Waals surface area contributed by atoms with E-state index < -0.39 is 0 Å². The molecule has 6 nitrogen and oxygen atoms in total. The van der Waals surface area contributed by atoms with Crippen molar-refractivity contribution in [1.82, 2.24) is 14.9 Å². The third-order valence-electron chi connectivity index (χ3n) is 3.30. The van der Waals surface area contributed by atoms with Crippen LogP contribution in [0.1, 0.15) is 10.4 Å². The lowest BCUT2D eigenvalue weighted by molar-refractivity contribution is 0.0745. The van der Waals surface area contributed by atoms with Crippen molar-refractivity contribution in [2.24, 2.45) is 0 Å². The quantitative estimate of drug-likeness (QED) is 0.811. The van der Waals surface area contributed by atoms with Crippen molar-refractivity contribution >= 4 is 39.4 Å². The van der Waals surface area contributed by atoms with Gasteiger partial charge in [0.05, 0.1) is 16.3 Å². The van der Waals surface area contributed by atoms with Crippen molar-refractivity contribution in [1.29, 1.82) is 0 Å². The Morgan fingerprint density at radius 1 is 1.24 bits per heavy atom. The van der Waals surface area contributed by atoms with E-state index in [2.05, 4.69) is 25.9 Å². The van der Waals surface area contributed by atoms with Crippen molar-refractivity contribution in [2.45, 2.75) is 0 Å². The molecule has 1 saturated heterocycles. The van der Waals surface area contributed by atoms with E-state index in [9.17, 15) is 4.79 Å². The molecule has 21 heavy (non-hydrogen) atoms. The molecule has 0 saturated carbocycles. The molecule has 1 aliphatic rings.